The van der Waals surface area contributed by atoms with Crippen molar-refractivity contribution in [3.63, 3.8) is 0 Å². The van der Waals surface area contributed by atoms with Crippen LogP contribution in [0, 0.1) is 0 Å². The molecule has 2 nitrogen and oxygen atoms in total. The molecule has 0 unspecified atom stereocenters. The number of carbonyl (C=O) groups excluding carboxylic acids is 1. The molecular weight excluding hydrogens is 246 g/mol. The second-order valence-corrected chi connectivity index (χ2v) is 4.31. The molecule has 2 rings (SSSR count). The second-order valence-electron chi connectivity index (χ2n) is 3.87. The Kier molecular flexibility index (Phi) is 3.80. The lowest BCUT2D eigenvalue weighted by Crippen LogP contribution is -1.93. The van der Waals surface area contributed by atoms with Crippen LogP contribution in [0.3, 0.4) is 0 Å². The number of anilines is 1. The van der Waals surface area contributed by atoms with Gasteiger partial charge in [-0.1, -0.05) is 41.9 Å². The summed E-state index contributed by atoms with van der Waals surface area (Å²) < 4.78 is 0. The van der Waals surface area contributed by atoms with Crippen molar-refractivity contribution < 1.29 is 4.79 Å². The number of nitrogen functional groups attached to an aromatic ring is 1. The van der Waals surface area contributed by atoms with Gasteiger partial charge in [-0.05, 0) is 35.9 Å². The molecule has 0 aromatic heterocycles. The lowest BCUT2D eigenvalue weighted by atomic mass is 10.1. The van der Waals surface area contributed by atoms with Gasteiger partial charge < -0.3 is 5.73 Å². The van der Waals surface area contributed by atoms with Crippen molar-refractivity contribution in [3.05, 3.63) is 70.8 Å². The molecule has 0 aliphatic carbocycles. The molecule has 0 aliphatic heterocycles. The van der Waals surface area contributed by atoms with E-state index in [1.165, 1.54) is 6.08 Å². The molecule has 0 heterocycles. The highest BCUT2D eigenvalue weighted by molar-refractivity contribution is 6.31. The maximum absolute atomic E-state index is 11.9. The molecule has 2 N–H and O–H groups in total. The first-order valence-electron chi connectivity index (χ1n) is 5.49. The summed E-state index contributed by atoms with van der Waals surface area (Å²) in [4.78, 5) is 11.9. The molecule has 0 saturated heterocycles. The molecule has 0 radical (unpaired) electrons. The van der Waals surface area contributed by atoms with Crippen LogP contribution in [0.15, 0.2) is 54.6 Å². The third-order valence-corrected chi connectivity index (χ3v) is 2.71. The Hall–Kier alpha value is -2.06. The van der Waals surface area contributed by atoms with Crippen molar-refractivity contribution in [2.75, 3.05) is 5.73 Å². The van der Waals surface area contributed by atoms with Crippen LogP contribution in [0.4, 0.5) is 5.69 Å². The van der Waals surface area contributed by atoms with Crippen LogP contribution in [0.5, 0.6) is 0 Å². The van der Waals surface area contributed by atoms with E-state index in [2.05, 4.69) is 0 Å². The van der Waals surface area contributed by atoms with E-state index >= 15 is 0 Å². The predicted molar refractivity (Wildman–Crippen MR) is 75.7 cm³/mol. The zero-order chi connectivity index (χ0) is 13.0. The number of rotatable bonds is 3. The van der Waals surface area contributed by atoms with E-state index in [1.807, 2.05) is 12.1 Å². The van der Waals surface area contributed by atoms with Crippen molar-refractivity contribution in [2.24, 2.45) is 0 Å². The van der Waals surface area contributed by atoms with E-state index in [0.717, 1.165) is 5.56 Å². The van der Waals surface area contributed by atoms with Crippen molar-refractivity contribution in [3.8, 4) is 0 Å². The summed E-state index contributed by atoms with van der Waals surface area (Å²) in [6, 6.07) is 14.2. The number of benzene rings is 2. The Morgan fingerprint density at radius 1 is 1.11 bits per heavy atom. The minimum absolute atomic E-state index is 0.0747. The normalized spacial score (nSPS) is 10.7. The summed E-state index contributed by atoms with van der Waals surface area (Å²) >= 11 is 5.83. The highest BCUT2D eigenvalue weighted by atomic mass is 35.5. The fraction of sp³-hybridized carbons (Fsp3) is 0. The van der Waals surface area contributed by atoms with Crippen molar-refractivity contribution >= 4 is 29.1 Å². The van der Waals surface area contributed by atoms with Crippen LogP contribution in [-0.4, -0.2) is 5.78 Å². The Morgan fingerprint density at radius 2 is 1.83 bits per heavy atom. The van der Waals surface area contributed by atoms with Gasteiger partial charge in [-0.3, -0.25) is 4.79 Å². The summed E-state index contributed by atoms with van der Waals surface area (Å²) in [6.07, 6.45) is 3.28. The van der Waals surface area contributed by atoms with Gasteiger partial charge in [0, 0.05) is 16.3 Å². The molecule has 2 aromatic rings. The number of ketones is 1. The van der Waals surface area contributed by atoms with Crippen LogP contribution >= 0.6 is 11.6 Å². The fourth-order valence-corrected chi connectivity index (χ4v) is 1.71. The van der Waals surface area contributed by atoms with Gasteiger partial charge in [-0.2, -0.15) is 0 Å². The van der Waals surface area contributed by atoms with Crippen LogP contribution in [-0.2, 0) is 0 Å². The van der Waals surface area contributed by atoms with Gasteiger partial charge in [0.25, 0.3) is 0 Å². The molecule has 2 aromatic carbocycles. The van der Waals surface area contributed by atoms with E-state index in [0.29, 0.717) is 16.3 Å². The van der Waals surface area contributed by atoms with Gasteiger partial charge in [-0.15, -0.1) is 0 Å². The summed E-state index contributed by atoms with van der Waals surface area (Å²) in [5, 5.41) is 0.557. The molecule has 0 fully saturated rings. The molecule has 0 bridgehead atoms. The van der Waals surface area contributed by atoms with Crippen LogP contribution < -0.4 is 5.73 Å². The van der Waals surface area contributed by atoms with E-state index in [-0.39, 0.29) is 5.78 Å². The average molecular weight is 258 g/mol. The largest absolute Gasteiger partial charge is 0.399 e. The van der Waals surface area contributed by atoms with Crippen LogP contribution in [0.25, 0.3) is 6.08 Å². The Balaban J connectivity index is 2.14. The summed E-state index contributed by atoms with van der Waals surface area (Å²) in [5.74, 6) is -0.0747. The molecule has 0 amide bonds. The van der Waals surface area contributed by atoms with Gasteiger partial charge in [0.2, 0.25) is 0 Å². The van der Waals surface area contributed by atoms with E-state index in [4.69, 9.17) is 17.3 Å². The third-order valence-electron chi connectivity index (χ3n) is 2.47. The number of nitrogens with two attached hydrogens (primary N) is 1. The topological polar surface area (TPSA) is 43.1 Å². The van der Waals surface area contributed by atoms with Crippen LogP contribution in [0.2, 0.25) is 5.02 Å². The minimum Gasteiger partial charge on any atom is -0.399 e. The average Bonchev–Trinajstić information content (AvgIpc) is 2.38. The van der Waals surface area contributed by atoms with E-state index in [9.17, 15) is 4.79 Å². The maximum Gasteiger partial charge on any atom is 0.185 e. The molecule has 18 heavy (non-hydrogen) atoms. The molecule has 0 saturated carbocycles. The lowest BCUT2D eigenvalue weighted by molar-refractivity contribution is 0.104. The molecule has 0 aliphatic rings. The minimum atomic E-state index is -0.0747. The highest BCUT2D eigenvalue weighted by Gasteiger charge is 2.01. The number of allylic oxidation sites excluding steroid dienone is 1. The number of hydrogen-bond acceptors (Lipinski definition) is 2. The number of halogens is 1. The van der Waals surface area contributed by atoms with Crippen molar-refractivity contribution in [1.29, 1.82) is 0 Å². The molecule has 90 valence electrons. The third kappa shape index (κ3) is 3.22. The first-order chi connectivity index (χ1) is 8.65. The Labute approximate surface area is 111 Å². The summed E-state index contributed by atoms with van der Waals surface area (Å²) in [5.41, 5.74) is 7.79. The molecule has 3 heteroatoms. The predicted octanol–water partition coefficient (Wildman–Crippen LogP) is 3.82. The zero-order valence-electron chi connectivity index (χ0n) is 9.64. The second kappa shape index (κ2) is 5.52. The Morgan fingerprint density at radius 3 is 2.50 bits per heavy atom. The van der Waals surface area contributed by atoms with Gasteiger partial charge in [0.1, 0.15) is 0 Å². The number of carbonyl (C=O) groups is 1. The van der Waals surface area contributed by atoms with Crippen molar-refractivity contribution in [1.82, 2.24) is 0 Å². The van der Waals surface area contributed by atoms with E-state index in [1.54, 1.807) is 42.5 Å². The van der Waals surface area contributed by atoms with E-state index < -0.39 is 0 Å². The smallest absolute Gasteiger partial charge is 0.185 e. The molecular formula is C15H12ClNO. The lowest BCUT2D eigenvalue weighted by Gasteiger charge is -1.97. The molecule has 0 spiro atoms. The SMILES string of the molecule is Nc1ccc(/C=C/C(=O)c2cccc(Cl)c2)cc1. The van der Waals surface area contributed by atoms with Gasteiger partial charge in [0.15, 0.2) is 5.78 Å². The summed E-state index contributed by atoms with van der Waals surface area (Å²) in [6.45, 7) is 0. The quantitative estimate of drug-likeness (QED) is 0.516. The fourth-order valence-electron chi connectivity index (χ4n) is 1.52. The first-order valence-corrected chi connectivity index (χ1v) is 5.86. The Bertz CT molecular complexity index is 588. The molecule has 0 atom stereocenters. The van der Waals surface area contributed by atoms with Gasteiger partial charge in [-0.25, -0.2) is 0 Å². The summed E-state index contributed by atoms with van der Waals surface area (Å²) in [7, 11) is 0. The van der Waals surface area contributed by atoms with Gasteiger partial charge >= 0.3 is 0 Å². The first kappa shape index (κ1) is 12.4. The monoisotopic (exact) mass is 257 g/mol. The van der Waals surface area contributed by atoms with Crippen LogP contribution in [0.1, 0.15) is 15.9 Å². The maximum atomic E-state index is 11.9. The zero-order valence-corrected chi connectivity index (χ0v) is 10.4. The standard InChI is InChI=1S/C15H12ClNO/c16-13-3-1-2-12(10-13)15(18)9-6-11-4-7-14(17)8-5-11/h1-10H,17H2/b9-6+. The highest BCUT2D eigenvalue weighted by Crippen LogP contribution is 2.13. The number of hydrogen-bond donors (Lipinski definition) is 1. The van der Waals surface area contributed by atoms with Crippen molar-refractivity contribution in [2.45, 2.75) is 0 Å². The van der Waals surface area contributed by atoms with Gasteiger partial charge in [0.05, 0.1) is 0 Å².